The van der Waals surface area contributed by atoms with Gasteiger partial charge in [0.2, 0.25) is 0 Å². The number of para-hydroxylation sites is 1. The van der Waals surface area contributed by atoms with Crippen molar-refractivity contribution in [3.8, 4) is 0 Å². The van der Waals surface area contributed by atoms with Crippen molar-refractivity contribution in [1.29, 1.82) is 0 Å². The summed E-state index contributed by atoms with van der Waals surface area (Å²) in [7, 11) is 3.99. The lowest BCUT2D eigenvalue weighted by Crippen LogP contribution is -2.31. The van der Waals surface area contributed by atoms with E-state index in [9.17, 15) is 9.90 Å². The number of likely N-dealkylation sites (N-methyl/N-ethyl adjacent to an activating group) is 1. The minimum absolute atomic E-state index is 0.203. The lowest BCUT2D eigenvalue weighted by molar-refractivity contribution is 0.0697. The Balaban J connectivity index is 2.42. The van der Waals surface area contributed by atoms with E-state index in [-0.39, 0.29) is 5.56 Å². The molecule has 0 radical (unpaired) electrons. The summed E-state index contributed by atoms with van der Waals surface area (Å²) in [6, 6.07) is 7.83. The molecule has 0 saturated carbocycles. The van der Waals surface area contributed by atoms with Gasteiger partial charge in [0.1, 0.15) is 5.56 Å². The molecule has 1 unspecified atom stereocenters. The van der Waals surface area contributed by atoms with Crippen molar-refractivity contribution in [3.05, 3.63) is 36.0 Å². The molecule has 0 bridgehead atoms. The van der Waals surface area contributed by atoms with Crippen molar-refractivity contribution in [2.75, 3.05) is 26.0 Å². The molecular weight excluding hydrogens is 254 g/mol. The number of nitrogens with zero attached hydrogens (tertiary/aromatic N) is 2. The molecule has 1 aromatic heterocycles. The van der Waals surface area contributed by atoms with Gasteiger partial charge in [0.15, 0.2) is 0 Å². The van der Waals surface area contributed by atoms with Crippen LogP contribution >= 0.6 is 0 Å². The second-order valence-electron chi connectivity index (χ2n) is 5.06. The number of hydrogen-bond acceptors (Lipinski definition) is 4. The van der Waals surface area contributed by atoms with Crippen LogP contribution in [0, 0.1) is 0 Å². The number of aromatic nitrogens is 1. The standard InChI is InChI=1S/C15H19N3O2/c1-10(18(2)3)8-17-14-11-6-4-5-7-13(11)16-9-12(14)15(19)20/h4-7,9-10H,8H2,1-3H3,(H,16,17)(H,19,20). The van der Waals surface area contributed by atoms with Crippen LogP contribution in [0.4, 0.5) is 5.69 Å². The quantitative estimate of drug-likeness (QED) is 0.875. The van der Waals surface area contributed by atoms with E-state index in [4.69, 9.17) is 0 Å². The number of benzene rings is 1. The van der Waals surface area contributed by atoms with Crippen molar-refractivity contribution in [3.63, 3.8) is 0 Å². The molecule has 0 aliphatic carbocycles. The van der Waals surface area contributed by atoms with E-state index in [1.54, 1.807) is 0 Å². The van der Waals surface area contributed by atoms with Crippen molar-refractivity contribution in [2.24, 2.45) is 0 Å². The van der Waals surface area contributed by atoms with Gasteiger partial charge in [-0.05, 0) is 27.1 Å². The molecule has 0 aliphatic heterocycles. The first-order valence-corrected chi connectivity index (χ1v) is 6.52. The Hall–Kier alpha value is -2.14. The molecule has 2 rings (SSSR count). The maximum absolute atomic E-state index is 11.4. The highest BCUT2D eigenvalue weighted by atomic mass is 16.4. The first-order chi connectivity index (χ1) is 9.50. The second-order valence-corrected chi connectivity index (χ2v) is 5.06. The van der Waals surface area contributed by atoms with E-state index in [1.165, 1.54) is 6.20 Å². The Morgan fingerprint density at radius 2 is 2.10 bits per heavy atom. The van der Waals surface area contributed by atoms with Gasteiger partial charge in [-0.25, -0.2) is 4.79 Å². The summed E-state index contributed by atoms with van der Waals surface area (Å²) in [6.07, 6.45) is 1.41. The van der Waals surface area contributed by atoms with E-state index in [0.29, 0.717) is 18.3 Å². The topological polar surface area (TPSA) is 65.5 Å². The van der Waals surface area contributed by atoms with Gasteiger partial charge in [-0.1, -0.05) is 18.2 Å². The highest BCUT2D eigenvalue weighted by Crippen LogP contribution is 2.25. The van der Waals surface area contributed by atoms with Gasteiger partial charge < -0.3 is 15.3 Å². The molecule has 0 amide bonds. The van der Waals surface area contributed by atoms with Crippen molar-refractivity contribution in [1.82, 2.24) is 9.88 Å². The number of aromatic carboxylic acids is 1. The van der Waals surface area contributed by atoms with Gasteiger partial charge in [-0.3, -0.25) is 4.98 Å². The van der Waals surface area contributed by atoms with Crippen LogP contribution in [-0.2, 0) is 0 Å². The number of carboxylic acid groups (broad SMARTS) is 1. The Labute approximate surface area is 118 Å². The number of carboxylic acids is 1. The first-order valence-electron chi connectivity index (χ1n) is 6.52. The minimum Gasteiger partial charge on any atom is -0.478 e. The SMILES string of the molecule is CC(CNc1c(C(=O)O)cnc2ccccc12)N(C)C. The maximum Gasteiger partial charge on any atom is 0.339 e. The zero-order valence-corrected chi connectivity index (χ0v) is 11.9. The number of pyridine rings is 1. The van der Waals surface area contributed by atoms with Crippen molar-refractivity contribution < 1.29 is 9.90 Å². The Bertz CT molecular complexity index is 626. The highest BCUT2D eigenvalue weighted by molar-refractivity contribution is 6.04. The maximum atomic E-state index is 11.4. The van der Waals surface area contributed by atoms with Crippen LogP contribution in [0.15, 0.2) is 30.5 Å². The van der Waals surface area contributed by atoms with Crippen LogP contribution < -0.4 is 5.32 Å². The number of nitrogens with one attached hydrogen (secondary N) is 1. The third kappa shape index (κ3) is 2.88. The number of fused-ring (bicyclic) bond motifs is 1. The molecule has 106 valence electrons. The normalized spacial score (nSPS) is 12.6. The van der Waals surface area contributed by atoms with Gasteiger partial charge in [0.05, 0.1) is 11.2 Å². The van der Waals surface area contributed by atoms with Crippen molar-refractivity contribution >= 4 is 22.6 Å². The average molecular weight is 273 g/mol. The number of rotatable bonds is 5. The minimum atomic E-state index is -0.969. The van der Waals surface area contributed by atoms with Crippen LogP contribution in [0.1, 0.15) is 17.3 Å². The van der Waals surface area contributed by atoms with Gasteiger partial charge >= 0.3 is 5.97 Å². The Morgan fingerprint density at radius 1 is 1.40 bits per heavy atom. The summed E-state index contributed by atoms with van der Waals surface area (Å²) >= 11 is 0. The first kappa shape index (κ1) is 14.3. The summed E-state index contributed by atoms with van der Waals surface area (Å²) in [5.74, 6) is -0.969. The van der Waals surface area contributed by atoms with Crippen LogP contribution in [-0.4, -0.2) is 47.6 Å². The third-order valence-electron chi connectivity index (χ3n) is 3.46. The van der Waals surface area contributed by atoms with Gasteiger partial charge in [-0.2, -0.15) is 0 Å². The van der Waals surface area contributed by atoms with E-state index in [2.05, 4.69) is 22.1 Å². The van der Waals surface area contributed by atoms with Crippen LogP contribution in [0.25, 0.3) is 10.9 Å². The molecule has 2 aromatic rings. The molecule has 20 heavy (non-hydrogen) atoms. The fourth-order valence-electron chi connectivity index (χ4n) is 1.93. The number of anilines is 1. The highest BCUT2D eigenvalue weighted by Gasteiger charge is 2.15. The Morgan fingerprint density at radius 3 is 2.75 bits per heavy atom. The molecule has 1 heterocycles. The molecule has 5 heteroatoms. The van der Waals surface area contributed by atoms with Gasteiger partial charge in [-0.15, -0.1) is 0 Å². The summed E-state index contributed by atoms with van der Waals surface area (Å²) in [5.41, 5.74) is 1.63. The van der Waals surface area contributed by atoms with E-state index in [0.717, 1.165) is 10.9 Å². The number of carbonyl (C=O) groups is 1. The summed E-state index contributed by atoms with van der Waals surface area (Å²) < 4.78 is 0. The van der Waals surface area contributed by atoms with Gasteiger partial charge in [0.25, 0.3) is 0 Å². The van der Waals surface area contributed by atoms with E-state index in [1.807, 2.05) is 38.4 Å². The van der Waals surface area contributed by atoms with E-state index >= 15 is 0 Å². The summed E-state index contributed by atoms with van der Waals surface area (Å²) in [6.45, 7) is 2.75. The van der Waals surface area contributed by atoms with Crippen LogP contribution in [0.5, 0.6) is 0 Å². The smallest absolute Gasteiger partial charge is 0.339 e. The monoisotopic (exact) mass is 273 g/mol. The molecule has 2 N–H and O–H groups in total. The molecule has 1 aromatic carbocycles. The predicted molar refractivity (Wildman–Crippen MR) is 80.3 cm³/mol. The van der Waals surface area contributed by atoms with Crippen LogP contribution in [0.2, 0.25) is 0 Å². The molecular formula is C15H19N3O2. The van der Waals surface area contributed by atoms with Gasteiger partial charge in [0, 0.05) is 24.2 Å². The van der Waals surface area contributed by atoms with Crippen molar-refractivity contribution in [2.45, 2.75) is 13.0 Å². The lowest BCUT2D eigenvalue weighted by atomic mass is 10.1. The molecule has 1 atom stereocenters. The molecule has 0 fully saturated rings. The largest absolute Gasteiger partial charge is 0.478 e. The number of hydrogen-bond donors (Lipinski definition) is 2. The molecule has 0 aliphatic rings. The molecule has 0 saturated heterocycles. The average Bonchev–Trinajstić information content (AvgIpc) is 2.43. The second kappa shape index (κ2) is 5.88. The summed E-state index contributed by atoms with van der Waals surface area (Å²) in [4.78, 5) is 17.6. The molecule has 0 spiro atoms. The van der Waals surface area contributed by atoms with Crippen LogP contribution in [0.3, 0.4) is 0 Å². The van der Waals surface area contributed by atoms with E-state index < -0.39 is 5.97 Å². The Kier molecular flexibility index (Phi) is 4.20. The molecule has 5 nitrogen and oxygen atoms in total. The fraction of sp³-hybridized carbons (Fsp3) is 0.333. The fourth-order valence-corrected chi connectivity index (χ4v) is 1.93. The lowest BCUT2D eigenvalue weighted by Gasteiger charge is -2.21. The predicted octanol–water partition coefficient (Wildman–Crippen LogP) is 2.29. The zero-order valence-electron chi connectivity index (χ0n) is 11.9. The summed E-state index contributed by atoms with van der Waals surface area (Å²) in [5, 5.41) is 13.4. The third-order valence-corrected chi connectivity index (χ3v) is 3.46. The zero-order chi connectivity index (χ0) is 14.7.